The molecule has 2 aromatic rings. The topological polar surface area (TPSA) is 83.1 Å². The molecule has 7 nitrogen and oxygen atoms in total. The summed E-state index contributed by atoms with van der Waals surface area (Å²) < 4.78 is 21.6. The summed E-state index contributed by atoms with van der Waals surface area (Å²) in [5.74, 6) is 0.653. The summed E-state index contributed by atoms with van der Waals surface area (Å²) in [7, 11) is 1.53. The van der Waals surface area contributed by atoms with E-state index in [4.69, 9.17) is 18.9 Å². The fourth-order valence-corrected chi connectivity index (χ4v) is 3.20. The Hall–Kier alpha value is -3.00. The predicted molar refractivity (Wildman–Crippen MR) is 105 cm³/mol. The number of hydrogen-bond donors (Lipinski definition) is 1. The van der Waals surface area contributed by atoms with Crippen molar-refractivity contribution in [2.45, 2.75) is 19.6 Å². The zero-order valence-corrected chi connectivity index (χ0v) is 16.4. The predicted octanol–water partition coefficient (Wildman–Crippen LogP) is 2.79. The van der Waals surface area contributed by atoms with Crippen LogP contribution >= 0.6 is 11.3 Å². The van der Waals surface area contributed by atoms with Gasteiger partial charge in [0.05, 0.1) is 13.7 Å². The smallest absolute Gasteiger partial charge is 0.331 e. The molecule has 1 aromatic heterocycles. The molecule has 0 unspecified atom stereocenters. The van der Waals surface area contributed by atoms with Gasteiger partial charge in [-0.25, -0.2) is 4.79 Å². The van der Waals surface area contributed by atoms with E-state index in [0.717, 1.165) is 4.88 Å². The van der Waals surface area contributed by atoms with Gasteiger partial charge in [0.1, 0.15) is 13.2 Å². The Bertz CT molecular complexity index is 845. The maximum absolute atomic E-state index is 12.0. The van der Waals surface area contributed by atoms with E-state index in [1.165, 1.54) is 20.1 Å². The van der Waals surface area contributed by atoms with Crippen LogP contribution in [0, 0.1) is 0 Å². The third kappa shape index (κ3) is 5.04. The Morgan fingerprint density at radius 3 is 2.89 bits per heavy atom. The molecule has 0 saturated carbocycles. The Morgan fingerprint density at radius 2 is 2.14 bits per heavy atom. The number of rotatable bonds is 7. The second-order valence-corrected chi connectivity index (χ2v) is 6.99. The maximum Gasteiger partial charge on any atom is 0.331 e. The third-order valence-electron chi connectivity index (χ3n) is 3.94. The van der Waals surface area contributed by atoms with Crippen molar-refractivity contribution in [2.24, 2.45) is 0 Å². The molecule has 8 heteroatoms. The average Bonchev–Trinajstić information content (AvgIpc) is 3.23. The van der Waals surface area contributed by atoms with Crippen molar-refractivity contribution < 1.29 is 28.5 Å². The van der Waals surface area contributed by atoms with Crippen LogP contribution < -0.4 is 19.5 Å². The zero-order chi connectivity index (χ0) is 19.9. The fraction of sp³-hybridized carbons (Fsp3) is 0.300. The Labute approximate surface area is 166 Å². The SMILES string of the molecule is COc1cc(/C=C/C(=O)O[C@H](C)C(=O)NCc2cccs2)cc2c1OCCO2. The molecule has 0 fully saturated rings. The number of amides is 1. The third-order valence-corrected chi connectivity index (χ3v) is 4.82. The Kier molecular flexibility index (Phi) is 6.54. The van der Waals surface area contributed by atoms with E-state index in [9.17, 15) is 9.59 Å². The highest BCUT2D eigenvalue weighted by Gasteiger charge is 2.19. The Morgan fingerprint density at radius 1 is 1.32 bits per heavy atom. The summed E-state index contributed by atoms with van der Waals surface area (Å²) in [5.41, 5.74) is 0.688. The van der Waals surface area contributed by atoms with Gasteiger partial charge in [0, 0.05) is 11.0 Å². The molecule has 1 N–H and O–H groups in total. The van der Waals surface area contributed by atoms with Gasteiger partial charge in [-0.3, -0.25) is 4.79 Å². The standard InChI is InChI=1S/C20H21NO6S/c1-13(20(23)21-12-15-4-3-9-28-15)27-18(22)6-5-14-10-16(24-2)19-17(11-14)25-7-8-26-19/h3-6,9-11,13H,7-8,12H2,1-2H3,(H,21,23)/b6-5+/t13-/m1/s1. The molecule has 0 saturated heterocycles. The number of thiophene rings is 1. The van der Waals surface area contributed by atoms with Crippen LogP contribution in [0.2, 0.25) is 0 Å². The summed E-state index contributed by atoms with van der Waals surface area (Å²) in [6.45, 7) is 2.84. The first-order valence-corrected chi connectivity index (χ1v) is 9.61. The molecule has 148 valence electrons. The lowest BCUT2D eigenvalue weighted by Gasteiger charge is -2.20. The molecule has 1 aliphatic rings. The van der Waals surface area contributed by atoms with Crippen molar-refractivity contribution in [3.63, 3.8) is 0 Å². The molecular formula is C20H21NO6S. The van der Waals surface area contributed by atoms with Crippen molar-refractivity contribution in [1.29, 1.82) is 0 Å². The average molecular weight is 403 g/mol. The lowest BCUT2D eigenvalue weighted by atomic mass is 10.1. The van der Waals surface area contributed by atoms with E-state index in [-0.39, 0.29) is 5.91 Å². The summed E-state index contributed by atoms with van der Waals surface area (Å²) >= 11 is 1.55. The lowest BCUT2D eigenvalue weighted by molar-refractivity contribution is -0.150. The molecule has 3 rings (SSSR count). The maximum atomic E-state index is 12.0. The summed E-state index contributed by atoms with van der Waals surface area (Å²) in [5, 5.41) is 4.67. The first-order valence-electron chi connectivity index (χ1n) is 8.73. The van der Waals surface area contributed by atoms with Gasteiger partial charge in [-0.15, -0.1) is 11.3 Å². The van der Waals surface area contributed by atoms with Gasteiger partial charge in [0.2, 0.25) is 5.75 Å². The lowest BCUT2D eigenvalue weighted by Crippen LogP contribution is -2.34. The fourth-order valence-electron chi connectivity index (χ4n) is 2.55. The molecule has 0 aliphatic carbocycles. The van der Waals surface area contributed by atoms with E-state index in [2.05, 4.69) is 5.32 Å². The molecule has 1 amide bonds. The molecule has 1 atom stereocenters. The van der Waals surface area contributed by atoms with Gasteiger partial charge in [-0.1, -0.05) is 6.07 Å². The first-order chi connectivity index (χ1) is 13.6. The van der Waals surface area contributed by atoms with Crippen molar-refractivity contribution >= 4 is 29.3 Å². The second kappa shape index (κ2) is 9.27. The minimum atomic E-state index is -0.896. The monoisotopic (exact) mass is 403 g/mol. The van der Waals surface area contributed by atoms with Gasteiger partial charge in [0.25, 0.3) is 5.91 Å². The summed E-state index contributed by atoms with van der Waals surface area (Å²) in [6, 6.07) is 7.31. The van der Waals surface area contributed by atoms with E-state index in [0.29, 0.717) is 42.6 Å². The highest BCUT2D eigenvalue weighted by Crippen LogP contribution is 2.40. The van der Waals surface area contributed by atoms with Crippen molar-refractivity contribution in [3.8, 4) is 17.2 Å². The van der Waals surface area contributed by atoms with Crippen molar-refractivity contribution in [2.75, 3.05) is 20.3 Å². The number of nitrogens with one attached hydrogen (secondary N) is 1. The highest BCUT2D eigenvalue weighted by molar-refractivity contribution is 7.09. The van der Waals surface area contributed by atoms with Crippen LogP contribution in [0.5, 0.6) is 17.2 Å². The van der Waals surface area contributed by atoms with E-state index >= 15 is 0 Å². The van der Waals surface area contributed by atoms with Gasteiger partial charge in [-0.2, -0.15) is 0 Å². The van der Waals surface area contributed by atoms with E-state index in [1.807, 2.05) is 17.5 Å². The van der Waals surface area contributed by atoms with E-state index in [1.54, 1.807) is 29.5 Å². The molecule has 1 aliphatic heterocycles. The second-order valence-electron chi connectivity index (χ2n) is 5.96. The quantitative estimate of drug-likeness (QED) is 0.565. The minimum Gasteiger partial charge on any atom is -0.493 e. The number of methoxy groups -OCH3 is 1. The molecule has 0 spiro atoms. The molecule has 28 heavy (non-hydrogen) atoms. The highest BCUT2D eigenvalue weighted by atomic mass is 32.1. The van der Waals surface area contributed by atoms with Gasteiger partial charge in [-0.05, 0) is 42.1 Å². The largest absolute Gasteiger partial charge is 0.493 e. The Balaban J connectivity index is 1.56. The number of benzene rings is 1. The number of carbonyl (C=O) groups is 2. The minimum absolute atomic E-state index is 0.351. The van der Waals surface area contributed by atoms with Gasteiger partial charge < -0.3 is 24.3 Å². The van der Waals surface area contributed by atoms with Gasteiger partial charge >= 0.3 is 5.97 Å². The molecule has 2 heterocycles. The number of fused-ring (bicyclic) bond motifs is 1. The molecule has 0 bridgehead atoms. The zero-order valence-electron chi connectivity index (χ0n) is 15.6. The van der Waals surface area contributed by atoms with Crippen molar-refractivity contribution in [3.05, 3.63) is 46.2 Å². The number of carbonyl (C=O) groups excluding carboxylic acids is 2. The molecule has 1 aromatic carbocycles. The van der Waals surface area contributed by atoms with Crippen LogP contribution in [-0.2, 0) is 20.9 Å². The van der Waals surface area contributed by atoms with Crippen molar-refractivity contribution in [1.82, 2.24) is 5.32 Å². The van der Waals surface area contributed by atoms with Crippen LogP contribution in [0.1, 0.15) is 17.4 Å². The molecule has 0 radical (unpaired) electrons. The molecular weight excluding hydrogens is 382 g/mol. The van der Waals surface area contributed by atoms with Crippen LogP contribution in [0.25, 0.3) is 6.08 Å². The van der Waals surface area contributed by atoms with Gasteiger partial charge in [0.15, 0.2) is 17.6 Å². The number of esters is 1. The van der Waals surface area contributed by atoms with E-state index < -0.39 is 12.1 Å². The van der Waals surface area contributed by atoms with Crippen LogP contribution in [0.3, 0.4) is 0 Å². The summed E-state index contributed by atoms with van der Waals surface area (Å²) in [6.07, 6.45) is 1.93. The van der Waals surface area contributed by atoms with Crippen LogP contribution in [0.15, 0.2) is 35.7 Å². The number of hydrogen-bond acceptors (Lipinski definition) is 7. The van der Waals surface area contributed by atoms with Crippen LogP contribution in [0.4, 0.5) is 0 Å². The van der Waals surface area contributed by atoms with Crippen LogP contribution in [-0.4, -0.2) is 38.3 Å². The number of ether oxygens (including phenoxy) is 4. The normalized spacial score (nSPS) is 13.8. The first kappa shape index (κ1) is 19.8. The summed E-state index contributed by atoms with van der Waals surface area (Å²) in [4.78, 5) is 25.1.